The summed E-state index contributed by atoms with van der Waals surface area (Å²) in [5.74, 6) is 1.80. The molecule has 6 heteroatoms. The van der Waals surface area contributed by atoms with Crippen LogP contribution in [-0.2, 0) is 6.54 Å². The van der Waals surface area contributed by atoms with Crippen molar-refractivity contribution in [2.75, 3.05) is 19.4 Å². The first-order valence-electron chi connectivity index (χ1n) is 7.10. The molecule has 1 atom stereocenters. The molecule has 1 N–H and O–H groups in total. The van der Waals surface area contributed by atoms with Crippen molar-refractivity contribution in [2.24, 2.45) is 0 Å². The van der Waals surface area contributed by atoms with Crippen LogP contribution in [0.2, 0.25) is 0 Å². The Morgan fingerprint density at radius 1 is 1.36 bits per heavy atom. The van der Waals surface area contributed by atoms with Crippen molar-refractivity contribution in [3.05, 3.63) is 52.2 Å². The van der Waals surface area contributed by atoms with Gasteiger partial charge in [-0.25, -0.2) is 4.79 Å². The molecule has 4 nitrogen and oxygen atoms in total. The number of ether oxygens (including phenoxy) is 1. The second kappa shape index (κ2) is 7.07. The number of nitrogens with one attached hydrogen (secondary N) is 1. The quantitative estimate of drug-likeness (QED) is 0.927. The van der Waals surface area contributed by atoms with Gasteiger partial charge in [0.1, 0.15) is 11.1 Å². The van der Waals surface area contributed by atoms with Crippen LogP contribution >= 0.6 is 23.1 Å². The predicted molar refractivity (Wildman–Crippen MR) is 91.5 cm³/mol. The van der Waals surface area contributed by atoms with Crippen molar-refractivity contribution < 1.29 is 9.53 Å². The van der Waals surface area contributed by atoms with E-state index < -0.39 is 0 Å². The number of nitrogens with zero attached hydrogens (tertiary/aromatic N) is 1. The van der Waals surface area contributed by atoms with E-state index in [-0.39, 0.29) is 11.4 Å². The monoisotopic (exact) mass is 334 g/mol. The molecular formula is C16H18N2O2S2. The molecule has 2 aromatic rings. The number of thiophene rings is 1. The van der Waals surface area contributed by atoms with E-state index in [2.05, 4.69) is 5.32 Å². The van der Waals surface area contributed by atoms with Gasteiger partial charge in [0.05, 0.1) is 13.7 Å². The lowest BCUT2D eigenvalue weighted by atomic mass is 10.2. The zero-order valence-electron chi connectivity index (χ0n) is 12.3. The lowest BCUT2D eigenvalue weighted by Gasteiger charge is -2.24. The zero-order valence-corrected chi connectivity index (χ0v) is 14.0. The minimum atomic E-state index is -0.000724. The van der Waals surface area contributed by atoms with E-state index in [9.17, 15) is 4.79 Å². The van der Waals surface area contributed by atoms with E-state index in [1.54, 1.807) is 30.2 Å². The molecule has 1 aliphatic heterocycles. The molecule has 0 aliphatic carbocycles. The van der Waals surface area contributed by atoms with E-state index in [0.717, 1.165) is 23.6 Å². The number of methoxy groups -OCH3 is 1. The number of rotatable bonds is 4. The molecule has 22 heavy (non-hydrogen) atoms. The Bertz CT molecular complexity index is 614. The first-order chi connectivity index (χ1) is 10.8. The van der Waals surface area contributed by atoms with E-state index in [0.29, 0.717) is 6.54 Å². The third-order valence-corrected chi connectivity index (χ3v) is 5.68. The van der Waals surface area contributed by atoms with Gasteiger partial charge in [-0.05, 0) is 29.1 Å². The van der Waals surface area contributed by atoms with Gasteiger partial charge in [0.25, 0.3) is 0 Å². The van der Waals surface area contributed by atoms with Crippen molar-refractivity contribution >= 4 is 29.1 Å². The number of hydrogen-bond acceptors (Lipinski definition) is 4. The number of carbonyl (C=O) groups excluding carboxylic acids is 1. The number of amides is 2. The van der Waals surface area contributed by atoms with Crippen LogP contribution in [0, 0.1) is 0 Å². The minimum absolute atomic E-state index is 0.000724. The van der Waals surface area contributed by atoms with Gasteiger partial charge in [0.2, 0.25) is 0 Å². The number of carbonyl (C=O) groups is 1. The Kier molecular flexibility index (Phi) is 4.90. The maximum absolute atomic E-state index is 12.4. The topological polar surface area (TPSA) is 41.6 Å². The molecule has 0 radical (unpaired) electrons. The molecule has 1 aromatic carbocycles. The Labute approximate surface area is 138 Å². The largest absolute Gasteiger partial charge is 0.497 e. The number of benzene rings is 1. The van der Waals surface area contributed by atoms with Crippen molar-refractivity contribution in [2.45, 2.75) is 11.9 Å². The van der Waals surface area contributed by atoms with E-state index >= 15 is 0 Å². The van der Waals surface area contributed by atoms with Gasteiger partial charge in [-0.3, -0.25) is 0 Å². The highest BCUT2D eigenvalue weighted by Gasteiger charge is 2.30. The molecule has 3 rings (SSSR count). The summed E-state index contributed by atoms with van der Waals surface area (Å²) in [6, 6.07) is 12.0. The fourth-order valence-electron chi connectivity index (χ4n) is 2.40. The van der Waals surface area contributed by atoms with Crippen molar-refractivity contribution in [1.29, 1.82) is 0 Å². The van der Waals surface area contributed by atoms with Gasteiger partial charge in [0.15, 0.2) is 0 Å². The third-order valence-electron chi connectivity index (χ3n) is 3.55. The Morgan fingerprint density at radius 2 is 2.18 bits per heavy atom. The van der Waals surface area contributed by atoms with Crippen LogP contribution in [-0.4, -0.2) is 30.3 Å². The van der Waals surface area contributed by atoms with Crippen LogP contribution in [0.25, 0.3) is 0 Å². The first-order valence-corrected chi connectivity index (χ1v) is 9.03. The van der Waals surface area contributed by atoms with Gasteiger partial charge in [-0.2, -0.15) is 0 Å². The minimum Gasteiger partial charge on any atom is -0.497 e. The molecule has 2 heterocycles. The van der Waals surface area contributed by atoms with E-state index in [1.165, 1.54) is 4.88 Å². The predicted octanol–water partition coefficient (Wildman–Crippen LogP) is 3.71. The van der Waals surface area contributed by atoms with Crippen LogP contribution in [0.5, 0.6) is 5.75 Å². The van der Waals surface area contributed by atoms with Gasteiger partial charge in [0, 0.05) is 17.2 Å². The summed E-state index contributed by atoms with van der Waals surface area (Å²) in [5, 5.41) is 5.11. The summed E-state index contributed by atoms with van der Waals surface area (Å²) >= 11 is 3.45. The van der Waals surface area contributed by atoms with Gasteiger partial charge in [-0.15, -0.1) is 23.1 Å². The molecule has 0 spiro atoms. The molecule has 1 fully saturated rings. The second-order valence-electron chi connectivity index (χ2n) is 4.93. The Morgan fingerprint density at radius 3 is 2.86 bits per heavy atom. The standard InChI is InChI=1S/C16H18N2O2S2/c1-20-13-6-4-12(5-7-13)15-18(8-10-22-15)16(19)17-11-14-3-2-9-21-14/h2-7,9,15H,8,10-11H2,1H3,(H,17,19). The highest BCUT2D eigenvalue weighted by Crippen LogP contribution is 2.38. The van der Waals surface area contributed by atoms with Gasteiger partial charge >= 0.3 is 6.03 Å². The normalized spacial score (nSPS) is 17.5. The third kappa shape index (κ3) is 3.39. The molecule has 1 aliphatic rings. The van der Waals surface area contributed by atoms with Crippen molar-refractivity contribution in [3.63, 3.8) is 0 Å². The fourth-order valence-corrected chi connectivity index (χ4v) is 4.30. The molecule has 1 saturated heterocycles. The average Bonchev–Trinajstić information content (AvgIpc) is 3.24. The lowest BCUT2D eigenvalue weighted by Crippen LogP contribution is -2.38. The van der Waals surface area contributed by atoms with Crippen LogP contribution in [0.1, 0.15) is 15.8 Å². The summed E-state index contributed by atoms with van der Waals surface area (Å²) in [7, 11) is 1.66. The second-order valence-corrected chi connectivity index (χ2v) is 7.15. The molecule has 2 amide bonds. The fraction of sp³-hybridized carbons (Fsp3) is 0.312. The maximum Gasteiger partial charge on any atom is 0.318 e. The summed E-state index contributed by atoms with van der Waals surface area (Å²) < 4.78 is 5.19. The molecule has 116 valence electrons. The van der Waals surface area contributed by atoms with Crippen LogP contribution < -0.4 is 10.1 Å². The highest BCUT2D eigenvalue weighted by molar-refractivity contribution is 7.99. The maximum atomic E-state index is 12.4. The molecule has 1 aromatic heterocycles. The number of thioether (sulfide) groups is 1. The average molecular weight is 334 g/mol. The van der Waals surface area contributed by atoms with Crippen molar-refractivity contribution in [3.8, 4) is 5.75 Å². The van der Waals surface area contributed by atoms with Crippen molar-refractivity contribution in [1.82, 2.24) is 10.2 Å². The summed E-state index contributed by atoms with van der Waals surface area (Å²) in [4.78, 5) is 15.5. The van der Waals surface area contributed by atoms with Gasteiger partial charge in [-0.1, -0.05) is 18.2 Å². The van der Waals surface area contributed by atoms with Crippen LogP contribution in [0.4, 0.5) is 4.79 Å². The Hall–Kier alpha value is -1.66. The van der Waals surface area contributed by atoms with Gasteiger partial charge < -0.3 is 15.0 Å². The number of hydrogen-bond donors (Lipinski definition) is 1. The number of urea groups is 1. The van der Waals surface area contributed by atoms with E-state index in [1.807, 2.05) is 46.7 Å². The molecule has 0 bridgehead atoms. The SMILES string of the molecule is COc1ccc(C2SCCN2C(=O)NCc2cccs2)cc1. The summed E-state index contributed by atoms with van der Waals surface area (Å²) in [6.07, 6.45) is 0. The lowest BCUT2D eigenvalue weighted by molar-refractivity contribution is 0.200. The van der Waals surface area contributed by atoms with Crippen LogP contribution in [0.3, 0.4) is 0 Å². The van der Waals surface area contributed by atoms with E-state index in [4.69, 9.17) is 4.74 Å². The molecule has 0 saturated carbocycles. The Balaban J connectivity index is 1.65. The highest BCUT2D eigenvalue weighted by atomic mass is 32.2. The van der Waals surface area contributed by atoms with Crippen LogP contribution in [0.15, 0.2) is 41.8 Å². The smallest absolute Gasteiger partial charge is 0.318 e. The summed E-state index contributed by atoms with van der Waals surface area (Å²) in [5.41, 5.74) is 1.13. The molecule has 1 unspecified atom stereocenters. The summed E-state index contributed by atoms with van der Waals surface area (Å²) in [6.45, 7) is 1.37. The zero-order chi connectivity index (χ0) is 15.4. The molecular weight excluding hydrogens is 316 g/mol. The first kappa shape index (κ1) is 15.2.